The van der Waals surface area contributed by atoms with Crippen molar-refractivity contribution in [2.75, 3.05) is 0 Å². The van der Waals surface area contributed by atoms with Crippen LogP contribution in [0.4, 0.5) is 0 Å². The van der Waals surface area contributed by atoms with Gasteiger partial charge in [-0.3, -0.25) is 4.79 Å². The molecule has 0 atom stereocenters. The highest BCUT2D eigenvalue weighted by molar-refractivity contribution is 9.11. The quantitative estimate of drug-likeness (QED) is 0.802. The van der Waals surface area contributed by atoms with Gasteiger partial charge in [-0.1, -0.05) is 29.8 Å². The van der Waals surface area contributed by atoms with Gasteiger partial charge < -0.3 is 5.11 Å². The number of hydrogen-bond donors (Lipinski definition) is 1. The number of halogens is 2. The molecule has 7 heteroatoms. The zero-order valence-electron chi connectivity index (χ0n) is 11.0. The molecule has 110 valence electrons. The number of carboxylic acids is 1. The topological polar surface area (TPSA) is 71.4 Å². The molecule has 1 N–H and O–H groups in total. The Balaban J connectivity index is 2.60. The lowest BCUT2D eigenvalue weighted by Crippen LogP contribution is -2.59. The Morgan fingerprint density at radius 1 is 1.25 bits per heavy atom. The summed E-state index contributed by atoms with van der Waals surface area (Å²) in [4.78, 5) is 11.6. The van der Waals surface area contributed by atoms with E-state index in [1.165, 1.54) is 6.07 Å². The van der Waals surface area contributed by atoms with E-state index in [-0.39, 0.29) is 23.2 Å². The molecule has 0 aliphatic heterocycles. The van der Waals surface area contributed by atoms with E-state index >= 15 is 0 Å². The Kier molecular flexibility index (Phi) is 3.85. The summed E-state index contributed by atoms with van der Waals surface area (Å²) >= 11 is 6.42. The van der Waals surface area contributed by atoms with E-state index in [2.05, 4.69) is 31.9 Å². The molecule has 1 aliphatic carbocycles. The van der Waals surface area contributed by atoms with Crippen LogP contribution in [0, 0.1) is 5.41 Å². The first-order valence-corrected chi connectivity index (χ1v) is 9.02. The predicted octanol–water partition coefficient (Wildman–Crippen LogP) is 3.63. The molecule has 0 saturated heterocycles. The molecule has 2 rings (SSSR count). The molecule has 1 aliphatic rings. The average molecular weight is 426 g/mol. The molecule has 0 unspecified atom stereocenters. The van der Waals surface area contributed by atoms with Crippen molar-refractivity contribution in [1.82, 2.24) is 0 Å². The number of rotatable bonds is 3. The van der Waals surface area contributed by atoms with Crippen LogP contribution >= 0.6 is 31.9 Å². The van der Waals surface area contributed by atoms with E-state index in [0.717, 1.165) is 0 Å². The number of aliphatic carboxylic acids is 1. The van der Waals surface area contributed by atoms with Gasteiger partial charge in [-0.2, -0.15) is 0 Å². The van der Waals surface area contributed by atoms with Gasteiger partial charge in [0.2, 0.25) is 0 Å². The lowest BCUT2D eigenvalue weighted by Gasteiger charge is -2.49. The minimum atomic E-state index is -3.96. The van der Waals surface area contributed by atoms with Crippen LogP contribution in [-0.2, 0) is 14.6 Å². The fraction of sp³-hybridized carbons (Fsp3) is 0.462. The van der Waals surface area contributed by atoms with Crippen LogP contribution < -0.4 is 0 Å². The molecule has 0 aromatic heterocycles. The summed E-state index contributed by atoms with van der Waals surface area (Å²) in [6.07, 6.45) is 0.243. The van der Waals surface area contributed by atoms with E-state index in [0.29, 0.717) is 8.95 Å². The summed E-state index contributed by atoms with van der Waals surface area (Å²) in [5.74, 6) is -1.27. The Bertz CT molecular complexity index is 672. The van der Waals surface area contributed by atoms with Crippen molar-refractivity contribution in [1.29, 1.82) is 0 Å². The number of benzene rings is 1. The standard InChI is InChI=1S/C13H14Br2O4S/c1-12(2)6-13(7-12,11(16)17)20(18,19)10-5-8(14)3-4-9(10)15/h3-5H,6-7H2,1-2H3,(H,16,17). The third kappa shape index (κ3) is 2.33. The SMILES string of the molecule is CC1(C)CC(C(=O)O)(S(=O)(=O)c2cc(Br)ccc2Br)C1. The van der Waals surface area contributed by atoms with Crippen molar-refractivity contribution in [3.05, 3.63) is 27.1 Å². The normalized spacial score (nSPS) is 20.2. The number of sulfone groups is 1. The van der Waals surface area contributed by atoms with Crippen LogP contribution in [0.15, 0.2) is 32.0 Å². The maximum Gasteiger partial charge on any atom is 0.325 e. The second-order valence-electron chi connectivity index (χ2n) is 5.90. The minimum Gasteiger partial charge on any atom is -0.480 e. The summed E-state index contributed by atoms with van der Waals surface area (Å²) in [7, 11) is -3.96. The van der Waals surface area contributed by atoms with Gasteiger partial charge in [-0.05, 0) is 52.4 Å². The van der Waals surface area contributed by atoms with Gasteiger partial charge in [0.05, 0.1) is 4.90 Å². The third-order valence-corrected chi connectivity index (χ3v) is 7.47. The van der Waals surface area contributed by atoms with E-state index in [1.54, 1.807) is 12.1 Å². The Hall–Kier alpha value is -0.400. The Morgan fingerprint density at radius 2 is 1.80 bits per heavy atom. The van der Waals surface area contributed by atoms with Crippen molar-refractivity contribution in [3.8, 4) is 0 Å². The maximum atomic E-state index is 12.8. The molecule has 1 aromatic carbocycles. The lowest BCUT2D eigenvalue weighted by atomic mass is 9.64. The maximum absolute atomic E-state index is 12.8. The molecule has 1 aromatic rings. The van der Waals surface area contributed by atoms with Gasteiger partial charge in [0.1, 0.15) is 0 Å². The summed E-state index contributed by atoms with van der Waals surface area (Å²) in [6, 6.07) is 4.73. The van der Waals surface area contributed by atoms with Crippen LogP contribution in [0.1, 0.15) is 26.7 Å². The smallest absolute Gasteiger partial charge is 0.325 e. The molecule has 0 bridgehead atoms. The van der Waals surface area contributed by atoms with Gasteiger partial charge in [0, 0.05) is 8.95 Å². The number of hydrogen-bond acceptors (Lipinski definition) is 3. The lowest BCUT2D eigenvalue weighted by molar-refractivity contribution is -0.146. The highest BCUT2D eigenvalue weighted by Gasteiger charge is 2.63. The van der Waals surface area contributed by atoms with Crippen molar-refractivity contribution in [2.45, 2.75) is 36.3 Å². The first-order chi connectivity index (χ1) is 9.02. The van der Waals surface area contributed by atoms with Crippen LogP contribution in [0.2, 0.25) is 0 Å². The zero-order valence-corrected chi connectivity index (χ0v) is 15.0. The van der Waals surface area contributed by atoms with Gasteiger partial charge in [-0.15, -0.1) is 0 Å². The number of carboxylic acid groups (broad SMARTS) is 1. The number of carbonyl (C=O) groups is 1. The zero-order chi connectivity index (χ0) is 15.3. The average Bonchev–Trinajstić information content (AvgIpc) is 2.28. The highest BCUT2D eigenvalue weighted by atomic mass is 79.9. The Morgan fingerprint density at radius 3 is 2.25 bits per heavy atom. The molecule has 1 saturated carbocycles. The monoisotopic (exact) mass is 424 g/mol. The van der Waals surface area contributed by atoms with Crippen LogP contribution in [0.5, 0.6) is 0 Å². The molecule has 0 amide bonds. The highest BCUT2D eigenvalue weighted by Crippen LogP contribution is 2.55. The molecular formula is C13H14Br2O4S. The van der Waals surface area contributed by atoms with Crippen molar-refractivity contribution < 1.29 is 18.3 Å². The second kappa shape index (κ2) is 4.81. The minimum absolute atomic E-state index is 0.0183. The van der Waals surface area contributed by atoms with E-state index in [9.17, 15) is 18.3 Å². The first-order valence-electron chi connectivity index (χ1n) is 5.95. The Labute approximate surface area is 134 Å². The van der Waals surface area contributed by atoms with Gasteiger partial charge in [-0.25, -0.2) is 8.42 Å². The molecule has 0 radical (unpaired) electrons. The van der Waals surface area contributed by atoms with Crippen molar-refractivity contribution in [3.63, 3.8) is 0 Å². The predicted molar refractivity (Wildman–Crippen MR) is 82.4 cm³/mol. The van der Waals surface area contributed by atoms with Gasteiger partial charge >= 0.3 is 5.97 Å². The molecule has 4 nitrogen and oxygen atoms in total. The van der Waals surface area contributed by atoms with Crippen LogP contribution in [0.3, 0.4) is 0 Å². The van der Waals surface area contributed by atoms with Crippen LogP contribution in [-0.4, -0.2) is 24.2 Å². The van der Waals surface area contributed by atoms with Gasteiger partial charge in [0.15, 0.2) is 14.6 Å². The summed E-state index contributed by atoms with van der Waals surface area (Å²) < 4.78 is 24.9. The summed E-state index contributed by atoms with van der Waals surface area (Å²) in [5.41, 5.74) is -0.274. The second-order valence-corrected chi connectivity index (χ2v) is 9.89. The largest absolute Gasteiger partial charge is 0.480 e. The first kappa shape index (κ1) is 16.0. The van der Waals surface area contributed by atoms with E-state index in [4.69, 9.17) is 0 Å². The van der Waals surface area contributed by atoms with E-state index in [1.807, 2.05) is 13.8 Å². The molecular weight excluding hydrogens is 412 g/mol. The third-order valence-electron chi connectivity index (χ3n) is 3.62. The molecule has 0 heterocycles. The summed E-state index contributed by atoms with van der Waals surface area (Å²) in [6.45, 7) is 3.75. The van der Waals surface area contributed by atoms with Gasteiger partial charge in [0.25, 0.3) is 0 Å². The van der Waals surface area contributed by atoms with Crippen molar-refractivity contribution >= 4 is 47.7 Å². The van der Waals surface area contributed by atoms with Crippen molar-refractivity contribution in [2.24, 2.45) is 5.41 Å². The van der Waals surface area contributed by atoms with Crippen LogP contribution in [0.25, 0.3) is 0 Å². The van der Waals surface area contributed by atoms with E-state index < -0.39 is 20.6 Å². The fourth-order valence-electron chi connectivity index (χ4n) is 2.84. The molecule has 0 spiro atoms. The molecule has 1 fully saturated rings. The summed E-state index contributed by atoms with van der Waals surface area (Å²) in [5, 5.41) is 9.47. The molecule has 20 heavy (non-hydrogen) atoms. The fourth-order valence-corrected chi connectivity index (χ4v) is 6.66.